The Morgan fingerprint density at radius 3 is 2.16 bits per heavy atom. The number of rotatable bonds is 3. The number of halogens is 2. The number of benzene rings is 2. The first kappa shape index (κ1) is 13.4. The van der Waals surface area contributed by atoms with E-state index in [2.05, 4.69) is 0 Å². The lowest BCUT2D eigenvalue weighted by Gasteiger charge is -2.07. The third-order valence-electron chi connectivity index (χ3n) is 2.27. The van der Waals surface area contributed by atoms with Crippen molar-refractivity contribution in [1.29, 1.82) is 0 Å². The van der Waals surface area contributed by atoms with Crippen LogP contribution in [0.15, 0.2) is 47.4 Å². The molecule has 0 spiro atoms. The van der Waals surface area contributed by atoms with Crippen LogP contribution < -0.4 is 9.88 Å². The Kier molecular flexibility index (Phi) is 3.50. The van der Waals surface area contributed by atoms with Gasteiger partial charge in [-0.3, -0.25) is 0 Å². The van der Waals surface area contributed by atoms with Crippen LogP contribution in [-0.4, -0.2) is 8.42 Å². The van der Waals surface area contributed by atoms with Gasteiger partial charge in [0.15, 0.2) is 11.6 Å². The summed E-state index contributed by atoms with van der Waals surface area (Å²) >= 11 is 0. The van der Waals surface area contributed by atoms with E-state index in [1.807, 2.05) is 0 Å². The van der Waals surface area contributed by atoms with Gasteiger partial charge in [0.05, 0.1) is 4.90 Å². The summed E-state index contributed by atoms with van der Waals surface area (Å²) in [7, 11) is -3.97. The highest BCUT2D eigenvalue weighted by atomic mass is 32.2. The lowest BCUT2D eigenvalue weighted by atomic mass is 10.3. The maximum atomic E-state index is 13.6. The molecule has 0 amide bonds. The standard InChI is InChI=1S/C12H9F2NO3S/c13-8-1-3-9(4-2-8)18-12-6-5-10(7-11(12)14)19(15,16)17/h1-7H,(H2,15,16,17). The minimum atomic E-state index is -3.97. The minimum absolute atomic E-state index is 0.181. The average Bonchev–Trinajstić information content (AvgIpc) is 2.33. The highest BCUT2D eigenvalue weighted by molar-refractivity contribution is 7.89. The molecule has 0 aromatic heterocycles. The third-order valence-corrected chi connectivity index (χ3v) is 3.18. The number of hydrogen-bond donors (Lipinski definition) is 1. The lowest BCUT2D eigenvalue weighted by Crippen LogP contribution is -2.12. The second-order valence-corrected chi connectivity index (χ2v) is 5.25. The Balaban J connectivity index is 2.29. The SMILES string of the molecule is NS(=O)(=O)c1ccc(Oc2ccc(F)cc2)c(F)c1. The second-order valence-electron chi connectivity index (χ2n) is 3.69. The maximum absolute atomic E-state index is 13.6. The summed E-state index contributed by atoms with van der Waals surface area (Å²) in [5.74, 6) is -1.28. The molecule has 2 N–H and O–H groups in total. The molecule has 0 saturated carbocycles. The quantitative estimate of drug-likeness (QED) is 0.941. The maximum Gasteiger partial charge on any atom is 0.238 e. The van der Waals surface area contributed by atoms with Crippen molar-refractivity contribution in [3.8, 4) is 11.5 Å². The van der Waals surface area contributed by atoms with Crippen molar-refractivity contribution in [3.05, 3.63) is 54.1 Å². The number of primary sulfonamides is 1. The molecule has 19 heavy (non-hydrogen) atoms. The van der Waals surface area contributed by atoms with Gasteiger partial charge in [0.25, 0.3) is 0 Å². The Labute approximate surface area is 108 Å². The molecule has 2 aromatic rings. The van der Waals surface area contributed by atoms with E-state index >= 15 is 0 Å². The highest BCUT2D eigenvalue weighted by Gasteiger charge is 2.12. The molecule has 100 valence electrons. The number of sulfonamides is 1. The van der Waals surface area contributed by atoms with Crippen LogP contribution in [0.2, 0.25) is 0 Å². The van der Waals surface area contributed by atoms with Gasteiger partial charge in [0, 0.05) is 0 Å². The van der Waals surface area contributed by atoms with Gasteiger partial charge in [0.2, 0.25) is 10.0 Å². The van der Waals surface area contributed by atoms with Gasteiger partial charge in [-0.05, 0) is 42.5 Å². The van der Waals surface area contributed by atoms with Crippen LogP contribution in [0.3, 0.4) is 0 Å². The Bertz CT molecular complexity index is 699. The van der Waals surface area contributed by atoms with Crippen LogP contribution >= 0.6 is 0 Å². The fourth-order valence-electron chi connectivity index (χ4n) is 1.37. The molecule has 0 radical (unpaired) electrons. The van der Waals surface area contributed by atoms with Gasteiger partial charge in [-0.1, -0.05) is 0 Å². The monoisotopic (exact) mass is 285 g/mol. The fraction of sp³-hybridized carbons (Fsp3) is 0. The van der Waals surface area contributed by atoms with Crippen LogP contribution in [0, 0.1) is 11.6 Å². The number of nitrogens with two attached hydrogens (primary N) is 1. The summed E-state index contributed by atoms with van der Waals surface area (Å²) in [6.07, 6.45) is 0. The predicted octanol–water partition coefficient (Wildman–Crippen LogP) is 2.40. The van der Waals surface area contributed by atoms with E-state index in [0.29, 0.717) is 0 Å². The zero-order valence-corrected chi connectivity index (χ0v) is 10.3. The van der Waals surface area contributed by atoms with E-state index in [4.69, 9.17) is 9.88 Å². The van der Waals surface area contributed by atoms with Crippen LogP contribution in [0.1, 0.15) is 0 Å². The minimum Gasteiger partial charge on any atom is -0.454 e. The van der Waals surface area contributed by atoms with E-state index in [-0.39, 0.29) is 16.4 Å². The molecule has 7 heteroatoms. The molecule has 0 bridgehead atoms. The van der Waals surface area contributed by atoms with Crippen molar-refractivity contribution in [2.24, 2.45) is 5.14 Å². The van der Waals surface area contributed by atoms with Crippen molar-refractivity contribution in [1.82, 2.24) is 0 Å². The Morgan fingerprint density at radius 2 is 1.63 bits per heavy atom. The van der Waals surface area contributed by atoms with E-state index in [1.165, 1.54) is 12.1 Å². The first-order valence-corrected chi connectivity index (χ1v) is 6.67. The summed E-state index contributed by atoms with van der Waals surface area (Å²) in [5.41, 5.74) is 0. The zero-order chi connectivity index (χ0) is 14.0. The van der Waals surface area contributed by atoms with E-state index in [1.54, 1.807) is 0 Å². The fourth-order valence-corrected chi connectivity index (χ4v) is 1.90. The highest BCUT2D eigenvalue weighted by Crippen LogP contribution is 2.26. The predicted molar refractivity (Wildman–Crippen MR) is 64.2 cm³/mol. The molecule has 0 fully saturated rings. The topological polar surface area (TPSA) is 69.4 Å². The van der Waals surface area contributed by atoms with Crippen molar-refractivity contribution < 1.29 is 21.9 Å². The van der Waals surface area contributed by atoms with Crippen LogP contribution in [0.25, 0.3) is 0 Å². The molecular formula is C12H9F2NO3S. The summed E-state index contributed by atoms with van der Waals surface area (Å²) in [4.78, 5) is -0.351. The van der Waals surface area contributed by atoms with Gasteiger partial charge in [-0.25, -0.2) is 22.3 Å². The summed E-state index contributed by atoms with van der Waals surface area (Å²) in [6, 6.07) is 7.98. The second kappa shape index (κ2) is 4.94. The van der Waals surface area contributed by atoms with Gasteiger partial charge >= 0.3 is 0 Å². The van der Waals surface area contributed by atoms with Crippen molar-refractivity contribution >= 4 is 10.0 Å². The smallest absolute Gasteiger partial charge is 0.238 e. The number of ether oxygens (including phenoxy) is 1. The molecule has 0 aliphatic rings. The molecule has 0 aliphatic carbocycles. The van der Waals surface area contributed by atoms with E-state index < -0.39 is 21.7 Å². The Morgan fingerprint density at radius 1 is 1.00 bits per heavy atom. The molecular weight excluding hydrogens is 276 g/mol. The van der Waals surface area contributed by atoms with Gasteiger partial charge < -0.3 is 4.74 Å². The van der Waals surface area contributed by atoms with E-state index in [0.717, 1.165) is 30.3 Å². The first-order valence-electron chi connectivity index (χ1n) is 5.12. The number of hydrogen-bond acceptors (Lipinski definition) is 3. The molecule has 0 heterocycles. The zero-order valence-electron chi connectivity index (χ0n) is 9.51. The summed E-state index contributed by atoms with van der Waals surface area (Å²) < 4.78 is 53.5. The first-order chi connectivity index (χ1) is 8.86. The van der Waals surface area contributed by atoms with Gasteiger partial charge in [0.1, 0.15) is 11.6 Å². The lowest BCUT2D eigenvalue weighted by molar-refractivity contribution is 0.439. The molecule has 2 aromatic carbocycles. The van der Waals surface area contributed by atoms with Crippen LogP contribution in [0.4, 0.5) is 8.78 Å². The summed E-state index contributed by atoms with van der Waals surface area (Å²) in [6.45, 7) is 0. The molecule has 4 nitrogen and oxygen atoms in total. The van der Waals surface area contributed by atoms with Crippen LogP contribution in [-0.2, 0) is 10.0 Å². The van der Waals surface area contributed by atoms with Crippen LogP contribution in [0.5, 0.6) is 11.5 Å². The normalized spacial score (nSPS) is 11.3. The molecule has 0 aliphatic heterocycles. The summed E-state index contributed by atoms with van der Waals surface area (Å²) in [5, 5.41) is 4.87. The van der Waals surface area contributed by atoms with Crippen molar-refractivity contribution in [2.75, 3.05) is 0 Å². The Hall–Kier alpha value is -1.99. The molecule has 0 unspecified atom stereocenters. The molecule has 0 atom stereocenters. The largest absolute Gasteiger partial charge is 0.454 e. The van der Waals surface area contributed by atoms with Crippen molar-refractivity contribution in [3.63, 3.8) is 0 Å². The van der Waals surface area contributed by atoms with Gasteiger partial charge in [-0.2, -0.15) is 0 Å². The van der Waals surface area contributed by atoms with E-state index in [9.17, 15) is 17.2 Å². The van der Waals surface area contributed by atoms with Crippen molar-refractivity contribution in [2.45, 2.75) is 4.90 Å². The molecule has 0 saturated heterocycles. The average molecular weight is 285 g/mol. The van der Waals surface area contributed by atoms with Gasteiger partial charge in [-0.15, -0.1) is 0 Å². The molecule has 2 rings (SSSR count). The third kappa shape index (κ3) is 3.27.